The zero-order chi connectivity index (χ0) is 20.0. The average molecular weight is 405 g/mol. The number of aromatic nitrogens is 2. The van der Waals surface area contributed by atoms with Gasteiger partial charge in [-0.3, -0.25) is 18.8 Å². The number of benzene rings is 1. The maximum Gasteiger partial charge on any atom is 0.271 e. The first-order valence-electron chi connectivity index (χ1n) is 9.18. The number of aromatic amines is 1. The number of nitrogens with one attached hydrogen (secondary N) is 1. The number of hydrogen-bond donors (Lipinski definition) is 2. The number of H-pyrrole nitrogens is 1. The molecule has 9 heteroatoms. The monoisotopic (exact) mass is 405 g/mol. The van der Waals surface area contributed by atoms with Crippen molar-refractivity contribution in [2.45, 2.75) is 31.7 Å². The third kappa shape index (κ3) is 2.68. The summed E-state index contributed by atoms with van der Waals surface area (Å²) in [5, 5.41) is 7.16. The number of aldehydes is 1. The maximum absolute atomic E-state index is 14.9. The molecule has 2 aromatic heterocycles. The van der Waals surface area contributed by atoms with Crippen molar-refractivity contribution in [2.24, 2.45) is 0 Å². The van der Waals surface area contributed by atoms with E-state index in [-0.39, 0.29) is 28.1 Å². The quantitative estimate of drug-likeness (QED) is 0.653. The molecule has 28 heavy (non-hydrogen) atoms. The number of pyridine rings is 1. The van der Waals surface area contributed by atoms with Crippen molar-refractivity contribution in [2.75, 3.05) is 25.1 Å². The molecule has 3 aromatic rings. The number of halogens is 1. The molecule has 2 fully saturated rings. The zero-order valence-corrected chi connectivity index (χ0v) is 16.1. The predicted molar refractivity (Wildman–Crippen MR) is 107 cm³/mol. The zero-order valence-electron chi connectivity index (χ0n) is 15.3. The summed E-state index contributed by atoms with van der Waals surface area (Å²) in [6.07, 6.45) is 4.37. The highest BCUT2D eigenvalue weighted by molar-refractivity contribution is 7.12. The molecule has 148 valence electrons. The van der Waals surface area contributed by atoms with Crippen LogP contribution in [-0.4, -0.2) is 40.5 Å². The van der Waals surface area contributed by atoms with Crippen molar-refractivity contribution >= 4 is 44.6 Å². The highest BCUT2D eigenvalue weighted by Crippen LogP contribution is 2.42. The van der Waals surface area contributed by atoms with Crippen LogP contribution in [0.1, 0.15) is 42.1 Å². The Morgan fingerprint density at radius 2 is 1.93 bits per heavy atom. The van der Waals surface area contributed by atoms with Crippen LogP contribution in [-0.2, 0) is 0 Å². The number of rotatable bonds is 3. The fourth-order valence-electron chi connectivity index (χ4n) is 4.04. The molecule has 0 radical (unpaired) electrons. The van der Waals surface area contributed by atoms with E-state index in [0.29, 0.717) is 29.7 Å². The van der Waals surface area contributed by atoms with E-state index in [9.17, 15) is 18.8 Å². The Hall–Kier alpha value is -2.52. The molecule has 0 unspecified atom stereocenters. The van der Waals surface area contributed by atoms with E-state index >= 15 is 0 Å². The SMILES string of the molecule is CO.O=Cc1c(N2CCCC2)c(F)cc2c(=O)c3c(=O)[nH]sc3n(C3CC3)c12. The Morgan fingerprint density at radius 1 is 1.25 bits per heavy atom. The molecule has 1 saturated carbocycles. The summed E-state index contributed by atoms with van der Waals surface area (Å²) < 4.78 is 19.5. The molecule has 2 N–H and O–H groups in total. The van der Waals surface area contributed by atoms with Gasteiger partial charge in [-0.15, -0.1) is 0 Å². The number of carbonyl (C=O) groups is 1. The highest BCUT2D eigenvalue weighted by Gasteiger charge is 2.32. The fourth-order valence-corrected chi connectivity index (χ4v) is 4.95. The summed E-state index contributed by atoms with van der Waals surface area (Å²) in [6, 6.07) is 1.33. The summed E-state index contributed by atoms with van der Waals surface area (Å²) in [6.45, 7) is 1.38. The van der Waals surface area contributed by atoms with Gasteiger partial charge in [-0.2, -0.15) is 0 Å². The Balaban J connectivity index is 0.000000932. The molecule has 5 rings (SSSR count). The predicted octanol–water partition coefficient (Wildman–Crippen LogP) is 2.40. The van der Waals surface area contributed by atoms with Crippen LogP contribution in [0.4, 0.5) is 10.1 Å². The summed E-state index contributed by atoms with van der Waals surface area (Å²) in [4.78, 5) is 39.5. The number of aliphatic hydroxyl groups excluding tert-OH is 1. The topological polar surface area (TPSA) is 95.4 Å². The van der Waals surface area contributed by atoms with E-state index in [1.165, 1.54) is 6.07 Å². The number of nitrogens with zero attached hydrogens (tertiary/aromatic N) is 2. The van der Waals surface area contributed by atoms with Gasteiger partial charge in [-0.05, 0) is 43.3 Å². The molecule has 1 aliphatic carbocycles. The molecule has 1 aromatic carbocycles. The molecule has 1 aliphatic heterocycles. The van der Waals surface area contributed by atoms with Crippen molar-refractivity contribution in [3.05, 3.63) is 38.0 Å². The van der Waals surface area contributed by atoms with Crippen LogP contribution in [0.15, 0.2) is 15.7 Å². The maximum atomic E-state index is 14.9. The minimum absolute atomic E-state index is 0.0552. The number of hydrogen-bond acceptors (Lipinski definition) is 6. The van der Waals surface area contributed by atoms with Gasteiger partial charge in [0.25, 0.3) is 5.56 Å². The van der Waals surface area contributed by atoms with Crippen molar-refractivity contribution in [1.29, 1.82) is 0 Å². The van der Waals surface area contributed by atoms with Gasteiger partial charge in [0.15, 0.2) is 6.29 Å². The van der Waals surface area contributed by atoms with E-state index in [4.69, 9.17) is 5.11 Å². The second-order valence-corrected chi connectivity index (χ2v) is 7.77. The minimum atomic E-state index is -0.577. The molecule has 3 heterocycles. The Bertz CT molecular complexity index is 1190. The largest absolute Gasteiger partial charge is 0.400 e. The number of carbonyl (C=O) groups excluding carboxylic acids is 1. The van der Waals surface area contributed by atoms with Crippen LogP contribution in [0.5, 0.6) is 0 Å². The van der Waals surface area contributed by atoms with Gasteiger partial charge in [0.05, 0.1) is 22.2 Å². The normalized spacial score (nSPS) is 16.5. The van der Waals surface area contributed by atoms with Gasteiger partial charge in [0.2, 0.25) is 5.43 Å². The second-order valence-electron chi connectivity index (χ2n) is 6.97. The lowest BCUT2D eigenvalue weighted by Crippen LogP contribution is -2.23. The smallest absolute Gasteiger partial charge is 0.271 e. The Morgan fingerprint density at radius 3 is 2.54 bits per heavy atom. The summed E-state index contributed by atoms with van der Waals surface area (Å²) in [7, 11) is 1.00. The standard InChI is InChI=1S/C18H16FN3O3S.CH4O/c19-12-7-10-14(11(8-23)15(12)21-5-1-2-6-21)22(9-3-4-9)18-13(16(10)24)17(25)20-26-18;1-2/h7-9H,1-6H2,(H,20,25);2H,1H3. The van der Waals surface area contributed by atoms with Gasteiger partial charge in [-0.1, -0.05) is 0 Å². The second kappa shape index (κ2) is 7.14. The first-order valence-corrected chi connectivity index (χ1v) is 10.00. The van der Waals surface area contributed by atoms with Gasteiger partial charge in [0.1, 0.15) is 16.0 Å². The molecule has 2 aliphatic rings. The van der Waals surface area contributed by atoms with Crippen molar-refractivity contribution < 1.29 is 14.3 Å². The minimum Gasteiger partial charge on any atom is -0.400 e. The van der Waals surface area contributed by atoms with E-state index in [0.717, 1.165) is 44.3 Å². The molecule has 0 atom stereocenters. The third-order valence-corrected chi connectivity index (χ3v) is 6.21. The average Bonchev–Trinajstić information content (AvgIpc) is 3.25. The molecular weight excluding hydrogens is 385 g/mol. The van der Waals surface area contributed by atoms with Crippen molar-refractivity contribution in [1.82, 2.24) is 8.94 Å². The van der Waals surface area contributed by atoms with Crippen LogP contribution in [0.3, 0.4) is 0 Å². The lowest BCUT2D eigenvalue weighted by Gasteiger charge is -2.23. The van der Waals surface area contributed by atoms with Crippen LogP contribution in [0.25, 0.3) is 21.1 Å². The number of fused-ring (bicyclic) bond motifs is 2. The molecule has 0 bridgehead atoms. The van der Waals surface area contributed by atoms with Crippen molar-refractivity contribution in [3.8, 4) is 0 Å². The van der Waals surface area contributed by atoms with Gasteiger partial charge in [-0.25, -0.2) is 4.39 Å². The van der Waals surface area contributed by atoms with E-state index in [2.05, 4.69) is 4.37 Å². The molecule has 0 spiro atoms. The van der Waals surface area contributed by atoms with Crippen LogP contribution < -0.4 is 15.9 Å². The first kappa shape index (κ1) is 18.8. The molecule has 7 nitrogen and oxygen atoms in total. The van der Waals surface area contributed by atoms with Gasteiger partial charge < -0.3 is 14.6 Å². The van der Waals surface area contributed by atoms with E-state index in [1.807, 2.05) is 9.47 Å². The van der Waals surface area contributed by atoms with Gasteiger partial charge in [0, 0.05) is 26.2 Å². The Labute approximate surface area is 163 Å². The van der Waals surface area contributed by atoms with Crippen LogP contribution >= 0.6 is 11.5 Å². The Kier molecular flexibility index (Phi) is 4.80. The summed E-state index contributed by atoms with van der Waals surface area (Å²) in [5.74, 6) is -0.577. The van der Waals surface area contributed by atoms with E-state index in [1.54, 1.807) is 0 Å². The van der Waals surface area contributed by atoms with E-state index < -0.39 is 16.8 Å². The molecular formula is C19H20FN3O4S. The number of aliphatic hydroxyl groups is 1. The molecule has 1 saturated heterocycles. The third-order valence-electron chi connectivity index (χ3n) is 5.33. The fraction of sp³-hybridized carbons (Fsp3) is 0.421. The molecule has 0 amide bonds. The summed E-state index contributed by atoms with van der Waals surface area (Å²) in [5.41, 5.74) is -0.0133. The van der Waals surface area contributed by atoms with Crippen LogP contribution in [0, 0.1) is 5.82 Å². The number of anilines is 1. The lowest BCUT2D eigenvalue weighted by molar-refractivity contribution is 0.112. The highest BCUT2D eigenvalue weighted by atomic mass is 32.1. The first-order chi connectivity index (χ1) is 13.6. The lowest BCUT2D eigenvalue weighted by atomic mass is 10.0. The van der Waals surface area contributed by atoms with Crippen molar-refractivity contribution in [3.63, 3.8) is 0 Å². The summed E-state index contributed by atoms with van der Waals surface area (Å²) >= 11 is 1.10. The van der Waals surface area contributed by atoms with Crippen LogP contribution in [0.2, 0.25) is 0 Å². The van der Waals surface area contributed by atoms with Gasteiger partial charge >= 0.3 is 0 Å².